The van der Waals surface area contributed by atoms with Crippen molar-refractivity contribution in [1.82, 2.24) is 4.90 Å². The molecule has 1 amide bonds. The third-order valence-electron chi connectivity index (χ3n) is 5.77. The fourth-order valence-electron chi connectivity index (χ4n) is 4.07. The minimum atomic E-state index is -0.826. The number of methoxy groups -OCH3 is 2. The number of aliphatic hydroxyl groups is 1. The van der Waals surface area contributed by atoms with E-state index in [1.54, 1.807) is 54.6 Å². The summed E-state index contributed by atoms with van der Waals surface area (Å²) >= 11 is 0. The lowest BCUT2D eigenvalue weighted by molar-refractivity contribution is -0.140. The van der Waals surface area contributed by atoms with E-state index in [1.807, 2.05) is 6.92 Å². The van der Waals surface area contributed by atoms with Gasteiger partial charge in [-0.15, -0.1) is 0 Å². The number of nitrogens with zero attached hydrogens (tertiary/aromatic N) is 1. The molecule has 0 saturated carbocycles. The largest absolute Gasteiger partial charge is 0.507 e. The molecule has 2 aromatic carbocycles. The standard InChI is InChI=1S/C27H27NO7/c1-4-13-34-19-10-7-17(8-11-19)24-23(25(29)18-9-12-21(32-2)22(15-18)33-3)26(30)27(31)28(24)16-20-6-5-14-35-20/h5-12,14-15,24,29H,4,13,16H2,1-3H3/t24-/m1/s1. The normalized spacial score (nSPS) is 17.0. The van der Waals surface area contributed by atoms with Crippen molar-refractivity contribution < 1.29 is 33.3 Å². The van der Waals surface area contributed by atoms with Crippen LogP contribution in [-0.2, 0) is 16.1 Å². The predicted molar refractivity (Wildman–Crippen MR) is 128 cm³/mol. The first kappa shape index (κ1) is 23.9. The molecule has 8 nitrogen and oxygen atoms in total. The average molecular weight is 478 g/mol. The Morgan fingerprint density at radius 2 is 1.77 bits per heavy atom. The molecule has 1 aliphatic heterocycles. The molecule has 1 aromatic heterocycles. The van der Waals surface area contributed by atoms with Gasteiger partial charge in [-0.1, -0.05) is 19.1 Å². The molecular weight excluding hydrogens is 450 g/mol. The molecule has 1 aliphatic rings. The molecule has 1 N–H and O–H groups in total. The molecule has 0 spiro atoms. The summed E-state index contributed by atoms with van der Waals surface area (Å²) in [6.07, 6.45) is 2.38. The van der Waals surface area contributed by atoms with Gasteiger partial charge in [-0.25, -0.2) is 0 Å². The number of ketones is 1. The number of hydrogen-bond donors (Lipinski definition) is 1. The van der Waals surface area contributed by atoms with Crippen LogP contribution in [0.4, 0.5) is 0 Å². The zero-order valence-corrected chi connectivity index (χ0v) is 19.8. The van der Waals surface area contributed by atoms with Crippen LogP contribution in [0, 0.1) is 0 Å². The van der Waals surface area contributed by atoms with E-state index in [9.17, 15) is 14.7 Å². The van der Waals surface area contributed by atoms with E-state index in [-0.39, 0.29) is 17.9 Å². The number of furan rings is 1. The fourth-order valence-corrected chi connectivity index (χ4v) is 4.07. The van der Waals surface area contributed by atoms with Gasteiger partial charge in [0.15, 0.2) is 11.5 Å². The molecule has 1 saturated heterocycles. The lowest BCUT2D eigenvalue weighted by atomic mass is 9.95. The summed E-state index contributed by atoms with van der Waals surface area (Å²) in [5.41, 5.74) is 0.962. The van der Waals surface area contributed by atoms with Crippen LogP contribution >= 0.6 is 0 Å². The SMILES string of the molecule is CCCOc1ccc([C@@H]2C(=C(O)c3ccc(OC)c(OC)c3)C(=O)C(=O)N2Cc2ccco2)cc1. The van der Waals surface area contributed by atoms with Gasteiger partial charge in [0.1, 0.15) is 17.3 Å². The second-order valence-electron chi connectivity index (χ2n) is 7.99. The van der Waals surface area contributed by atoms with Gasteiger partial charge in [-0.05, 0) is 54.4 Å². The number of benzene rings is 2. The molecule has 0 radical (unpaired) electrons. The zero-order chi connectivity index (χ0) is 24.9. The highest BCUT2D eigenvalue weighted by atomic mass is 16.5. The highest BCUT2D eigenvalue weighted by molar-refractivity contribution is 6.46. The van der Waals surface area contributed by atoms with E-state index in [0.29, 0.717) is 40.7 Å². The van der Waals surface area contributed by atoms with Crippen LogP contribution in [0.2, 0.25) is 0 Å². The van der Waals surface area contributed by atoms with Crippen molar-refractivity contribution in [3.8, 4) is 17.2 Å². The van der Waals surface area contributed by atoms with Crippen LogP contribution in [0.15, 0.2) is 70.9 Å². The van der Waals surface area contributed by atoms with Crippen molar-refractivity contribution in [3.63, 3.8) is 0 Å². The Morgan fingerprint density at radius 1 is 1.03 bits per heavy atom. The number of rotatable bonds is 9. The summed E-state index contributed by atoms with van der Waals surface area (Å²) in [6, 6.07) is 14.6. The number of aliphatic hydroxyl groups excluding tert-OH is 1. The van der Waals surface area contributed by atoms with Crippen molar-refractivity contribution >= 4 is 17.4 Å². The molecule has 1 fully saturated rings. The first-order valence-corrected chi connectivity index (χ1v) is 11.2. The molecule has 182 valence electrons. The molecule has 2 heterocycles. The van der Waals surface area contributed by atoms with E-state index < -0.39 is 17.7 Å². The number of carbonyl (C=O) groups is 2. The van der Waals surface area contributed by atoms with Crippen LogP contribution in [0.25, 0.3) is 5.76 Å². The van der Waals surface area contributed by atoms with Crippen molar-refractivity contribution in [3.05, 3.63) is 83.3 Å². The first-order valence-electron chi connectivity index (χ1n) is 11.2. The minimum Gasteiger partial charge on any atom is -0.507 e. The smallest absolute Gasteiger partial charge is 0.296 e. The second-order valence-corrected chi connectivity index (χ2v) is 7.99. The van der Waals surface area contributed by atoms with Crippen LogP contribution in [-0.4, -0.2) is 42.5 Å². The summed E-state index contributed by atoms with van der Waals surface area (Å²) in [6.45, 7) is 2.67. The number of Topliss-reactive ketones (excluding diaryl/α,β-unsaturated/α-hetero) is 1. The summed E-state index contributed by atoms with van der Waals surface area (Å²) in [7, 11) is 2.98. The van der Waals surface area contributed by atoms with E-state index in [2.05, 4.69) is 0 Å². The minimum absolute atomic E-state index is 0.0176. The Balaban J connectivity index is 1.82. The lowest BCUT2D eigenvalue weighted by Gasteiger charge is -2.24. The molecule has 0 unspecified atom stereocenters. The zero-order valence-electron chi connectivity index (χ0n) is 19.8. The van der Waals surface area contributed by atoms with E-state index in [1.165, 1.54) is 25.4 Å². The number of carbonyl (C=O) groups excluding carboxylic acids is 2. The summed E-state index contributed by atoms with van der Waals surface area (Å²) < 4.78 is 21.7. The van der Waals surface area contributed by atoms with Gasteiger partial charge >= 0.3 is 0 Å². The Morgan fingerprint density at radius 3 is 2.40 bits per heavy atom. The number of likely N-dealkylation sites (tertiary alicyclic amines) is 1. The Hall–Kier alpha value is -4.20. The van der Waals surface area contributed by atoms with E-state index in [0.717, 1.165) is 6.42 Å². The van der Waals surface area contributed by atoms with E-state index in [4.69, 9.17) is 18.6 Å². The highest BCUT2D eigenvalue weighted by Crippen LogP contribution is 2.41. The van der Waals surface area contributed by atoms with Crippen molar-refractivity contribution in [1.29, 1.82) is 0 Å². The first-order chi connectivity index (χ1) is 17.0. The Bertz CT molecular complexity index is 1230. The fraction of sp³-hybridized carbons (Fsp3) is 0.259. The maximum Gasteiger partial charge on any atom is 0.296 e. The van der Waals surface area contributed by atoms with Gasteiger partial charge in [0.05, 0.1) is 45.2 Å². The molecule has 0 bridgehead atoms. The molecule has 4 rings (SSSR count). The predicted octanol–water partition coefficient (Wildman–Crippen LogP) is 4.71. The topological polar surface area (TPSA) is 98.4 Å². The van der Waals surface area contributed by atoms with Crippen LogP contribution in [0.5, 0.6) is 17.2 Å². The van der Waals surface area contributed by atoms with Crippen molar-refractivity contribution in [2.24, 2.45) is 0 Å². The van der Waals surface area contributed by atoms with Gasteiger partial charge < -0.3 is 28.6 Å². The number of amides is 1. The van der Waals surface area contributed by atoms with Crippen LogP contribution in [0.3, 0.4) is 0 Å². The molecule has 1 atom stereocenters. The van der Waals surface area contributed by atoms with Crippen LogP contribution in [0.1, 0.15) is 36.3 Å². The second kappa shape index (κ2) is 10.4. The highest BCUT2D eigenvalue weighted by Gasteiger charge is 2.46. The van der Waals surface area contributed by atoms with Crippen LogP contribution < -0.4 is 14.2 Å². The summed E-state index contributed by atoms with van der Waals surface area (Å²) in [5, 5.41) is 11.3. The van der Waals surface area contributed by atoms with Gasteiger partial charge in [0.2, 0.25) is 0 Å². The van der Waals surface area contributed by atoms with Gasteiger partial charge in [-0.2, -0.15) is 0 Å². The lowest BCUT2D eigenvalue weighted by Crippen LogP contribution is -2.29. The Kier molecular flexibility index (Phi) is 7.10. The van der Waals surface area contributed by atoms with Crippen molar-refractivity contribution in [2.45, 2.75) is 25.9 Å². The number of hydrogen-bond acceptors (Lipinski definition) is 7. The monoisotopic (exact) mass is 477 g/mol. The maximum absolute atomic E-state index is 13.2. The molecular formula is C27H27NO7. The van der Waals surface area contributed by atoms with E-state index >= 15 is 0 Å². The molecule has 35 heavy (non-hydrogen) atoms. The maximum atomic E-state index is 13.2. The molecule has 3 aromatic rings. The summed E-state index contributed by atoms with van der Waals surface area (Å²) in [4.78, 5) is 27.7. The van der Waals surface area contributed by atoms with Crippen molar-refractivity contribution in [2.75, 3.05) is 20.8 Å². The molecule has 8 heteroatoms. The number of ether oxygens (including phenoxy) is 3. The van der Waals surface area contributed by atoms with Gasteiger partial charge in [-0.3, -0.25) is 9.59 Å². The summed E-state index contributed by atoms with van der Waals surface area (Å²) in [5.74, 6) is 0.253. The third kappa shape index (κ3) is 4.73. The average Bonchev–Trinajstić information content (AvgIpc) is 3.49. The van der Waals surface area contributed by atoms with Gasteiger partial charge in [0.25, 0.3) is 11.7 Å². The van der Waals surface area contributed by atoms with Gasteiger partial charge in [0, 0.05) is 5.56 Å². The molecule has 0 aliphatic carbocycles. The quantitative estimate of drug-likeness (QED) is 0.271. The third-order valence-corrected chi connectivity index (χ3v) is 5.77. The Labute approximate surface area is 203 Å².